The highest BCUT2D eigenvalue weighted by atomic mass is 32.1. The molecule has 2 heterocycles. The molecule has 0 spiro atoms. The summed E-state index contributed by atoms with van der Waals surface area (Å²) >= 11 is 1.43. The molecule has 1 N–H and O–H groups in total. The maximum Gasteiger partial charge on any atom is 0.324 e. The number of ether oxygens (including phenoxy) is 2. The molecule has 1 fully saturated rings. The molecule has 0 saturated carbocycles. The first-order valence-corrected chi connectivity index (χ1v) is 9.91. The molecule has 6 nitrogen and oxygen atoms in total. The lowest BCUT2D eigenvalue weighted by molar-refractivity contribution is -0.166. The predicted octanol–water partition coefficient (Wildman–Crippen LogP) is 4.32. The molecule has 0 bridgehead atoms. The Morgan fingerprint density at radius 3 is 2.67 bits per heavy atom. The number of anilines is 2. The summed E-state index contributed by atoms with van der Waals surface area (Å²) in [6.07, 6.45) is 0.556. The van der Waals surface area contributed by atoms with Gasteiger partial charge in [-0.25, -0.2) is 4.98 Å². The van der Waals surface area contributed by atoms with Gasteiger partial charge in [-0.05, 0) is 39.3 Å². The van der Waals surface area contributed by atoms with E-state index >= 15 is 0 Å². The summed E-state index contributed by atoms with van der Waals surface area (Å²) in [4.78, 5) is 29.6. The SMILES string of the molecule is CCOC(=O)C1(CC)CC(C)(c2csc(Nc3ccc(C)cc3)n2)OC1=O. The van der Waals surface area contributed by atoms with E-state index in [1.54, 1.807) is 20.8 Å². The molecule has 0 amide bonds. The van der Waals surface area contributed by atoms with E-state index in [1.165, 1.54) is 16.9 Å². The van der Waals surface area contributed by atoms with Crippen molar-refractivity contribution in [3.05, 3.63) is 40.9 Å². The molecule has 1 aliphatic rings. The maximum absolute atomic E-state index is 12.6. The summed E-state index contributed by atoms with van der Waals surface area (Å²) in [7, 11) is 0. The van der Waals surface area contributed by atoms with Crippen LogP contribution in [0.2, 0.25) is 0 Å². The largest absolute Gasteiger partial charge is 0.465 e. The van der Waals surface area contributed by atoms with Crippen LogP contribution in [0, 0.1) is 12.3 Å². The highest BCUT2D eigenvalue weighted by Gasteiger charge is 2.60. The van der Waals surface area contributed by atoms with Crippen molar-refractivity contribution >= 4 is 34.1 Å². The molecule has 3 rings (SSSR count). The van der Waals surface area contributed by atoms with Crippen LogP contribution >= 0.6 is 11.3 Å². The number of aryl methyl sites for hydroxylation is 1. The van der Waals surface area contributed by atoms with E-state index in [0.29, 0.717) is 17.2 Å². The first-order valence-electron chi connectivity index (χ1n) is 9.03. The molecule has 0 radical (unpaired) electrons. The number of thiazole rings is 1. The third-order valence-electron chi connectivity index (χ3n) is 4.97. The van der Waals surface area contributed by atoms with Gasteiger partial charge >= 0.3 is 11.9 Å². The van der Waals surface area contributed by atoms with Gasteiger partial charge in [0.1, 0.15) is 0 Å². The Bertz CT molecular complexity index is 848. The molecule has 27 heavy (non-hydrogen) atoms. The third kappa shape index (κ3) is 3.56. The van der Waals surface area contributed by atoms with Crippen molar-refractivity contribution in [3.63, 3.8) is 0 Å². The van der Waals surface area contributed by atoms with E-state index in [4.69, 9.17) is 9.47 Å². The van der Waals surface area contributed by atoms with Gasteiger partial charge < -0.3 is 14.8 Å². The van der Waals surface area contributed by atoms with Crippen molar-refractivity contribution in [1.82, 2.24) is 4.98 Å². The van der Waals surface area contributed by atoms with Gasteiger partial charge in [0.25, 0.3) is 0 Å². The van der Waals surface area contributed by atoms with Crippen LogP contribution in [0.25, 0.3) is 0 Å². The summed E-state index contributed by atoms with van der Waals surface area (Å²) in [6, 6.07) is 8.00. The lowest BCUT2D eigenvalue weighted by Crippen LogP contribution is -2.37. The van der Waals surface area contributed by atoms with Gasteiger partial charge in [-0.2, -0.15) is 0 Å². The van der Waals surface area contributed by atoms with Gasteiger partial charge in [0.15, 0.2) is 16.1 Å². The quantitative estimate of drug-likeness (QED) is 0.587. The van der Waals surface area contributed by atoms with Gasteiger partial charge in [0, 0.05) is 17.5 Å². The zero-order valence-electron chi connectivity index (χ0n) is 16.0. The lowest BCUT2D eigenvalue weighted by atomic mass is 9.78. The monoisotopic (exact) mass is 388 g/mol. The molecule has 1 aromatic carbocycles. The van der Waals surface area contributed by atoms with Gasteiger partial charge in [-0.1, -0.05) is 24.6 Å². The van der Waals surface area contributed by atoms with E-state index in [0.717, 1.165) is 5.69 Å². The smallest absolute Gasteiger partial charge is 0.324 e. The second kappa shape index (κ2) is 7.31. The number of cyclic esters (lactones) is 1. The van der Waals surface area contributed by atoms with Gasteiger partial charge in [0.2, 0.25) is 0 Å². The lowest BCUT2D eigenvalue weighted by Gasteiger charge is -2.23. The molecule has 1 saturated heterocycles. The summed E-state index contributed by atoms with van der Waals surface area (Å²) in [5, 5.41) is 5.82. The topological polar surface area (TPSA) is 77.5 Å². The second-order valence-corrected chi connectivity index (χ2v) is 7.84. The number of benzene rings is 1. The van der Waals surface area contributed by atoms with E-state index in [1.807, 2.05) is 36.6 Å². The van der Waals surface area contributed by atoms with Crippen LogP contribution in [0.15, 0.2) is 29.6 Å². The first-order chi connectivity index (χ1) is 12.8. The number of nitrogens with one attached hydrogen (secondary N) is 1. The van der Waals surface area contributed by atoms with Gasteiger partial charge in [0.05, 0.1) is 12.3 Å². The zero-order chi connectivity index (χ0) is 19.7. The van der Waals surface area contributed by atoms with Crippen LogP contribution < -0.4 is 5.32 Å². The van der Waals surface area contributed by atoms with Crippen LogP contribution in [0.1, 0.15) is 44.9 Å². The number of carbonyl (C=O) groups excluding carboxylic acids is 2. The standard InChI is InChI=1S/C20H24N2O4S/c1-5-20(16(23)25-6-2)12-19(4,26-17(20)24)15-11-27-18(22-15)21-14-9-7-13(3)8-10-14/h7-11H,5-6,12H2,1-4H3,(H,21,22). The van der Waals surface area contributed by atoms with Crippen molar-refractivity contribution in [3.8, 4) is 0 Å². The number of nitrogens with zero attached hydrogens (tertiary/aromatic N) is 1. The van der Waals surface area contributed by atoms with E-state index < -0.39 is 23.0 Å². The van der Waals surface area contributed by atoms with Crippen LogP contribution in [0.3, 0.4) is 0 Å². The fourth-order valence-corrected chi connectivity index (χ4v) is 4.16. The van der Waals surface area contributed by atoms with Crippen LogP contribution in [0.5, 0.6) is 0 Å². The van der Waals surface area contributed by atoms with Crippen molar-refractivity contribution < 1.29 is 19.1 Å². The maximum atomic E-state index is 12.6. The predicted molar refractivity (Wildman–Crippen MR) is 104 cm³/mol. The highest BCUT2D eigenvalue weighted by Crippen LogP contribution is 2.49. The third-order valence-corrected chi connectivity index (χ3v) is 5.72. The number of esters is 2. The highest BCUT2D eigenvalue weighted by molar-refractivity contribution is 7.13. The van der Waals surface area contributed by atoms with Crippen LogP contribution in [-0.4, -0.2) is 23.5 Å². The number of hydrogen-bond donors (Lipinski definition) is 1. The number of aromatic nitrogens is 1. The molecule has 2 aromatic rings. The van der Waals surface area contributed by atoms with E-state index in [9.17, 15) is 9.59 Å². The summed E-state index contributed by atoms with van der Waals surface area (Å²) < 4.78 is 10.8. The Hall–Kier alpha value is -2.41. The molecule has 2 atom stereocenters. The first kappa shape index (κ1) is 19.4. The number of hydrogen-bond acceptors (Lipinski definition) is 7. The second-order valence-electron chi connectivity index (χ2n) is 6.98. The average molecular weight is 388 g/mol. The molecule has 0 aliphatic carbocycles. The minimum atomic E-state index is -1.26. The van der Waals surface area contributed by atoms with Crippen molar-refractivity contribution in [2.45, 2.75) is 46.1 Å². The minimum Gasteiger partial charge on any atom is -0.465 e. The van der Waals surface area contributed by atoms with E-state index in [-0.39, 0.29) is 13.0 Å². The molecular weight excluding hydrogens is 364 g/mol. The van der Waals surface area contributed by atoms with Crippen molar-refractivity contribution in [2.24, 2.45) is 5.41 Å². The molecule has 144 valence electrons. The Balaban J connectivity index is 1.82. The van der Waals surface area contributed by atoms with Crippen molar-refractivity contribution in [2.75, 3.05) is 11.9 Å². The molecule has 1 aliphatic heterocycles. The van der Waals surface area contributed by atoms with Gasteiger partial charge in [-0.15, -0.1) is 11.3 Å². The molecule has 1 aromatic heterocycles. The Morgan fingerprint density at radius 2 is 2.04 bits per heavy atom. The van der Waals surface area contributed by atoms with Gasteiger partial charge in [-0.3, -0.25) is 9.59 Å². The summed E-state index contributed by atoms with van der Waals surface area (Å²) in [6.45, 7) is 7.59. The summed E-state index contributed by atoms with van der Waals surface area (Å²) in [5.41, 5.74) is 0.530. The van der Waals surface area contributed by atoms with Crippen molar-refractivity contribution in [1.29, 1.82) is 0 Å². The average Bonchev–Trinajstić information content (AvgIpc) is 3.21. The molecule has 2 unspecified atom stereocenters. The van der Waals surface area contributed by atoms with Crippen LogP contribution in [0.4, 0.5) is 10.8 Å². The summed E-state index contributed by atoms with van der Waals surface area (Å²) in [5.74, 6) is -1.05. The fraction of sp³-hybridized carbons (Fsp3) is 0.450. The molecular formula is C20H24N2O4S. The Labute approximate surface area is 162 Å². The fourth-order valence-electron chi connectivity index (χ4n) is 3.30. The van der Waals surface area contributed by atoms with Crippen LogP contribution in [-0.2, 0) is 24.7 Å². The Kier molecular flexibility index (Phi) is 5.24. The number of rotatable bonds is 6. The zero-order valence-corrected chi connectivity index (χ0v) is 16.8. The molecule has 7 heteroatoms. The normalized spacial score (nSPS) is 24.5. The number of carbonyl (C=O) groups is 2. The Morgan fingerprint density at radius 1 is 1.33 bits per heavy atom. The van der Waals surface area contributed by atoms with E-state index in [2.05, 4.69) is 10.3 Å². The minimum absolute atomic E-state index is 0.224.